The van der Waals surface area contributed by atoms with Crippen LogP contribution in [0.25, 0.3) is 0 Å². The van der Waals surface area contributed by atoms with Crippen LogP contribution in [0.5, 0.6) is 0 Å². The molecule has 0 spiro atoms. The molecule has 0 aliphatic rings. The summed E-state index contributed by atoms with van der Waals surface area (Å²) in [7, 11) is 2.06. The summed E-state index contributed by atoms with van der Waals surface area (Å²) in [4.78, 5) is 4.53. The summed E-state index contributed by atoms with van der Waals surface area (Å²) in [5.41, 5.74) is 1.69. The maximum Gasteiger partial charge on any atom is 0.0897 e. The zero-order valence-electron chi connectivity index (χ0n) is 11.8. The van der Waals surface area contributed by atoms with Gasteiger partial charge in [0.05, 0.1) is 10.7 Å². The summed E-state index contributed by atoms with van der Waals surface area (Å²) in [5, 5.41) is 6.77. The first kappa shape index (κ1) is 14.7. The quantitative estimate of drug-likeness (QED) is 0.835. The molecule has 0 fully saturated rings. The first-order chi connectivity index (χ1) is 7.90. The van der Waals surface area contributed by atoms with Crippen molar-refractivity contribution in [2.45, 2.75) is 59.4 Å². The standard InChI is InChI=1S/C14H26N2S/c1-11-16-13(10-17-11)9-12(15-5)7-6-8-14(2,3)4/h10,12,15H,6-9H2,1-5H3. The molecule has 0 saturated heterocycles. The summed E-state index contributed by atoms with van der Waals surface area (Å²) in [5.74, 6) is 0. The largest absolute Gasteiger partial charge is 0.317 e. The minimum absolute atomic E-state index is 0.454. The van der Waals surface area contributed by atoms with Gasteiger partial charge in [-0.2, -0.15) is 0 Å². The Balaban J connectivity index is 2.34. The maximum atomic E-state index is 4.53. The molecule has 98 valence electrons. The van der Waals surface area contributed by atoms with Gasteiger partial charge in [0.25, 0.3) is 0 Å². The number of nitrogens with one attached hydrogen (secondary N) is 1. The van der Waals surface area contributed by atoms with E-state index >= 15 is 0 Å². The minimum Gasteiger partial charge on any atom is -0.317 e. The van der Waals surface area contributed by atoms with Gasteiger partial charge in [0.1, 0.15) is 0 Å². The average molecular weight is 254 g/mol. The maximum absolute atomic E-state index is 4.53. The van der Waals surface area contributed by atoms with E-state index in [2.05, 4.69) is 50.4 Å². The lowest BCUT2D eigenvalue weighted by Crippen LogP contribution is -2.28. The van der Waals surface area contributed by atoms with Crippen LogP contribution in [0.3, 0.4) is 0 Å². The molecule has 1 atom stereocenters. The van der Waals surface area contributed by atoms with E-state index in [9.17, 15) is 0 Å². The number of hydrogen-bond donors (Lipinski definition) is 1. The van der Waals surface area contributed by atoms with Crippen molar-refractivity contribution in [3.05, 3.63) is 16.1 Å². The molecule has 0 bridgehead atoms. The Labute approximate surface area is 110 Å². The summed E-state index contributed by atoms with van der Waals surface area (Å²) in [6.45, 7) is 9.00. The lowest BCUT2D eigenvalue weighted by Gasteiger charge is -2.20. The van der Waals surface area contributed by atoms with Gasteiger partial charge in [-0.1, -0.05) is 27.2 Å². The van der Waals surface area contributed by atoms with Crippen molar-refractivity contribution in [1.82, 2.24) is 10.3 Å². The summed E-state index contributed by atoms with van der Waals surface area (Å²) in [6.07, 6.45) is 4.88. The lowest BCUT2D eigenvalue weighted by molar-refractivity contribution is 0.345. The Morgan fingerprint density at radius 3 is 2.59 bits per heavy atom. The van der Waals surface area contributed by atoms with Gasteiger partial charge < -0.3 is 5.32 Å². The van der Waals surface area contributed by atoms with Crippen molar-refractivity contribution in [3.63, 3.8) is 0 Å². The molecule has 1 unspecified atom stereocenters. The topological polar surface area (TPSA) is 24.9 Å². The van der Waals surface area contributed by atoms with Gasteiger partial charge in [0, 0.05) is 17.8 Å². The van der Waals surface area contributed by atoms with E-state index in [1.54, 1.807) is 11.3 Å². The van der Waals surface area contributed by atoms with Crippen LogP contribution in [0.2, 0.25) is 0 Å². The van der Waals surface area contributed by atoms with E-state index < -0.39 is 0 Å². The van der Waals surface area contributed by atoms with Crippen molar-refractivity contribution in [2.75, 3.05) is 7.05 Å². The monoisotopic (exact) mass is 254 g/mol. The zero-order chi connectivity index (χ0) is 12.9. The molecule has 2 nitrogen and oxygen atoms in total. The van der Waals surface area contributed by atoms with Crippen LogP contribution < -0.4 is 5.32 Å². The number of aromatic nitrogens is 1. The number of hydrogen-bond acceptors (Lipinski definition) is 3. The predicted molar refractivity (Wildman–Crippen MR) is 76.7 cm³/mol. The Kier molecular flexibility index (Phi) is 5.60. The third-order valence-electron chi connectivity index (χ3n) is 3.01. The van der Waals surface area contributed by atoms with E-state index in [0.29, 0.717) is 11.5 Å². The summed E-state index contributed by atoms with van der Waals surface area (Å²) in [6, 6.07) is 0.568. The highest BCUT2D eigenvalue weighted by Gasteiger charge is 2.13. The van der Waals surface area contributed by atoms with Gasteiger partial charge in [-0.25, -0.2) is 4.98 Å². The fraction of sp³-hybridized carbons (Fsp3) is 0.786. The van der Waals surface area contributed by atoms with Gasteiger partial charge in [0.2, 0.25) is 0 Å². The van der Waals surface area contributed by atoms with Crippen LogP contribution in [-0.2, 0) is 6.42 Å². The highest BCUT2D eigenvalue weighted by Crippen LogP contribution is 2.22. The molecule has 0 aliphatic heterocycles. The fourth-order valence-corrected chi connectivity index (χ4v) is 2.61. The van der Waals surface area contributed by atoms with E-state index in [-0.39, 0.29) is 0 Å². The van der Waals surface area contributed by atoms with Crippen LogP contribution in [0.1, 0.15) is 50.7 Å². The normalized spacial score (nSPS) is 13.9. The molecule has 0 radical (unpaired) electrons. The summed E-state index contributed by atoms with van der Waals surface area (Å²) < 4.78 is 0. The molecule has 1 aromatic heterocycles. The lowest BCUT2D eigenvalue weighted by atomic mass is 9.88. The van der Waals surface area contributed by atoms with Crippen molar-refractivity contribution < 1.29 is 0 Å². The number of thiazole rings is 1. The Bertz CT molecular complexity index is 325. The predicted octanol–water partition coefficient (Wildman–Crippen LogP) is 3.80. The van der Waals surface area contributed by atoms with E-state index in [1.807, 2.05) is 0 Å². The first-order valence-corrected chi connectivity index (χ1v) is 7.37. The molecule has 1 rings (SSSR count). The molecule has 1 aromatic rings. The molecule has 17 heavy (non-hydrogen) atoms. The zero-order valence-corrected chi connectivity index (χ0v) is 12.7. The van der Waals surface area contributed by atoms with Crippen LogP contribution in [0, 0.1) is 12.3 Å². The van der Waals surface area contributed by atoms with Gasteiger partial charge in [-0.15, -0.1) is 11.3 Å². The minimum atomic E-state index is 0.454. The molecule has 0 aromatic carbocycles. The third kappa shape index (κ3) is 6.18. The van der Waals surface area contributed by atoms with Gasteiger partial charge in [0.15, 0.2) is 0 Å². The Hall–Kier alpha value is -0.410. The smallest absolute Gasteiger partial charge is 0.0897 e. The van der Waals surface area contributed by atoms with Crippen LogP contribution in [0.4, 0.5) is 0 Å². The Morgan fingerprint density at radius 1 is 1.41 bits per heavy atom. The van der Waals surface area contributed by atoms with Gasteiger partial charge in [-0.3, -0.25) is 0 Å². The van der Waals surface area contributed by atoms with Gasteiger partial charge in [-0.05, 0) is 32.2 Å². The second-order valence-corrected chi connectivity index (χ2v) is 7.06. The van der Waals surface area contributed by atoms with E-state index in [1.165, 1.54) is 30.0 Å². The molecule has 1 heterocycles. The second kappa shape index (κ2) is 6.50. The number of likely N-dealkylation sites (N-methyl/N-ethyl adjacent to an activating group) is 1. The molecule has 1 N–H and O–H groups in total. The molecular weight excluding hydrogens is 228 g/mol. The SMILES string of the molecule is CNC(CCCC(C)(C)C)Cc1csc(C)n1. The summed E-state index contributed by atoms with van der Waals surface area (Å²) >= 11 is 1.75. The van der Waals surface area contributed by atoms with Crippen LogP contribution >= 0.6 is 11.3 Å². The van der Waals surface area contributed by atoms with E-state index in [4.69, 9.17) is 0 Å². The molecule has 3 heteroatoms. The highest BCUT2D eigenvalue weighted by molar-refractivity contribution is 7.09. The number of aryl methyl sites for hydroxylation is 1. The van der Waals surface area contributed by atoms with Crippen molar-refractivity contribution >= 4 is 11.3 Å². The fourth-order valence-electron chi connectivity index (χ4n) is 1.98. The molecular formula is C14H26N2S. The second-order valence-electron chi connectivity index (χ2n) is 6.00. The van der Waals surface area contributed by atoms with Gasteiger partial charge >= 0.3 is 0 Å². The van der Waals surface area contributed by atoms with E-state index in [0.717, 1.165) is 6.42 Å². The van der Waals surface area contributed by atoms with Crippen molar-refractivity contribution in [3.8, 4) is 0 Å². The molecule has 0 amide bonds. The van der Waals surface area contributed by atoms with Crippen molar-refractivity contribution in [2.24, 2.45) is 5.41 Å². The third-order valence-corrected chi connectivity index (χ3v) is 3.83. The average Bonchev–Trinajstić information content (AvgIpc) is 2.60. The number of nitrogens with zero attached hydrogens (tertiary/aromatic N) is 1. The highest BCUT2D eigenvalue weighted by atomic mass is 32.1. The van der Waals surface area contributed by atoms with Crippen LogP contribution in [0.15, 0.2) is 5.38 Å². The van der Waals surface area contributed by atoms with Crippen LogP contribution in [-0.4, -0.2) is 18.1 Å². The molecule has 0 saturated carbocycles. The first-order valence-electron chi connectivity index (χ1n) is 6.49. The number of rotatable bonds is 6. The Morgan fingerprint density at radius 2 is 2.12 bits per heavy atom. The van der Waals surface area contributed by atoms with Crippen molar-refractivity contribution in [1.29, 1.82) is 0 Å². The molecule has 0 aliphatic carbocycles.